The molecule has 3 rings (SSSR count). The Morgan fingerprint density at radius 2 is 2.00 bits per heavy atom. The Labute approximate surface area is 114 Å². The summed E-state index contributed by atoms with van der Waals surface area (Å²) in [5, 5.41) is 17.0. The maximum absolute atomic E-state index is 5.84. The van der Waals surface area contributed by atoms with Crippen LogP contribution in [0.15, 0.2) is 18.5 Å². The van der Waals surface area contributed by atoms with Crippen molar-refractivity contribution in [2.75, 3.05) is 0 Å². The highest BCUT2D eigenvalue weighted by molar-refractivity contribution is 6.29. The summed E-state index contributed by atoms with van der Waals surface area (Å²) in [4.78, 5) is 4.06. The Balaban J connectivity index is 2.27. The second kappa shape index (κ2) is 4.55. The molecule has 0 radical (unpaired) electrons. The molecule has 0 aromatic carbocycles. The van der Waals surface area contributed by atoms with Gasteiger partial charge in [0, 0.05) is 11.6 Å². The van der Waals surface area contributed by atoms with Crippen molar-refractivity contribution in [2.24, 2.45) is 0 Å². The maximum Gasteiger partial charge on any atom is 0.171 e. The predicted octanol–water partition coefficient (Wildman–Crippen LogP) is 2.11. The monoisotopic (exact) mass is 274 g/mol. The molecule has 3 aromatic rings. The highest BCUT2D eigenvalue weighted by Crippen LogP contribution is 2.22. The van der Waals surface area contributed by atoms with Crippen molar-refractivity contribution in [3.8, 4) is 11.4 Å². The Morgan fingerprint density at radius 3 is 2.79 bits per heavy atom. The molecule has 3 heterocycles. The molecule has 0 fully saturated rings. The summed E-state index contributed by atoms with van der Waals surface area (Å²) in [6.45, 7) is 3.93. The standard InChI is InChI=1S/C12H11ClN6/c1-3-9-8(4-7(2)15-16-9)12-18-17-11-5-10(13)14-6-19(11)12/h4-6H,3H2,1-2H3. The van der Waals surface area contributed by atoms with Gasteiger partial charge in [0.05, 0.1) is 11.4 Å². The lowest BCUT2D eigenvalue weighted by Gasteiger charge is -2.05. The quantitative estimate of drug-likeness (QED) is 0.670. The van der Waals surface area contributed by atoms with E-state index in [1.807, 2.05) is 19.9 Å². The van der Waals surface area contributed by atoms with Gasteiger partial charge in [-0.05, 0) is 19.4 Å². The van der Waals surface area contributed by atoms with Crippen LogP contribution in [0.1, 0.15) is 18.3 Å². The molecule has 0 aliphatic carbocycles. The van der Waals surface area contributed by atoms with Gasteiger partial charge in [-0.15, -0.1) is 10.2 Å². The lowest BCUT2D eigenvalue weighted by atomic mass is 10.1. The Kier molecular flexibility index (Phi) is 2.87. The lowest BCUT2D eigenvalue weighted by Crippen LogP contribution is -2.00. The van der Waals surface area contributed by atoms with Crippen molar-refractivity contribution in [2.45, 2.75) is 20.3 Å². The first-order chi connectivity index (χ1) is 9.19. The zero-order valence-electron chi connectivity index (χ0n) is 10.5. The fraction of sp³-hybridized carbons (Fsp3) is 0.250. The average Bonchev–Trinajstić information content (AvgIpc) is 2.81. The molecule has 19 heavy (non-hydrogen) atoms. The van der Waals surface area contributed by atoms with Crippen LogP contribution < -0.4 is 0 Å². The molecule has 0 saturated heterocycles. The molecular formula is C12H11ClN6. The molecule has 0 N–H and O–H groups in total. The minimum absolute atomic E-state index is 0.395. The number of rotatable bonds is 2. The second-order valence-electron chi connectivity index (χ2n) is 4.16. The van der Waals surface area contributed by atoms with Crippen molar-refractivity contribution < 1.29 is 0 Å². The number of nitrogens with zero attached hydrogens (tertiary/aromatic N) is 6. The summed E-state index contributed by atoms with van der Waals surface area (Å²) in [6.07, 6.45) is 2.39. The highest BCUT2D eigenvalue weighted by atomic mass is 35.5. The summed E-state index contributed by atoms with van der Waals surface area (Å²) in [5.74, 6) is 0.703. The summed E-state index contributed by atoms with van der Waals surface area (Å²) in [5.41, 5.74) is 3.30. The summed E-state index contributed by atoms with van der Waals surface area (Å²) in [6, 6.07) is 3.63. The normalized spacial score (nSPS) is 11.1. The molecule has 0 aliphatic rings. The van der Waals surface area contributed by atoms with Crippen LogP contribution in [-0.4, -0.2) is 29.8 Å². The molecule has 7 heteroatoms. The van der Waals surface area contributed by atoms with Crippen LogP contribution >= 0.6 is 11.6 Å². The Bertz CT molecular complexity index is 751. The van der Waals surface area contributed by atoms with E-state index in [0.717, 1.165) is 23.4 Å². The first-order valence-electron chi connectivity index (χ1n) is 5.89. The summed E-state index contributed by atoms with van der Waals surface area (Å²) >= 11 is 5.84. The first-order valence-corrected chi connectivity index (χ1v) is 6.26. The molecule has 0 spiro atoms. The van der Waals surface area contributed by atoms with Gasteiger partial charge < -0.3 is 0 Å². The molecule has 96 valence electrons. The van der Waals surface area contributed by atoms with Gasteiger partial charge in [-0.3, -0.25) is 4.40 Å². The first kappa shape index (κ1) is 12.0. The number of fused-ring (bicyclic) bond motifs is 1. The summed E-state index contributed by atoms with van der Waals surface area (Å²) < 4.78 is 1.79. The van der Waals surface area contributed by atoms with Crippen molar-refractivity contribution in [1.82, 2.24) is 29.8 Å². The highest BCUT2D eigenvalue weighted by Gasteiger charge is 2.14. The van der Waals surface area contributed by atoms with E-state index in [9.17, 15) is 0 Å². The van der Waals surface area contributed by atoms with Crippen LogP contribution in [0.5, 0.6) is 0 Å². The van der Waals surface area contributed by atoms with Crippen molar-refractivity contribution in [3.63, 3.8) is 0 Å². The fourth-order valence-corrected chi connectivity index (χ4v) is 2.07. The molecule has 0 amide bonds. The van der Waals surface area contributed by atoms with Gasteiger partial charge in [-0.2, -0.15) is 10.2 Å². The van der Waals surface area contributed by atoms with Crippen LogP contribution in [0.25, 0.3) is 17.0 Å². The molecular weight excluding hydrogens is 264 g/mol. The number of aryl methyl sites for hydroxylation is 2. The lowest BCUT2D eigenvalue weighted by molar-refractivity contribution is 0.889. The number of hydrogen-bond donors (Lipinski definition) is 0. The third kappa shape index (κ3) is 2.04. The third-order valence-electron chi connectivity index (χ3n) is 2.84. The SMILES string of the molecule is CCc1nnc(C)cc1-c1nnc2cc(Cl)ncn12. The number of hydrogen-bond acceptors (Lipinski definition) is 5. The molecule has 0 unspecified atom stereocenters. The van der Waals surface area contributed by atoms with Gasteiger partial charge in [0.25, 0.3) is 0 Å². The van der Waals surface area contributed by atoms with E-state index in [2.05, 4.69) is 25.4 Å². The molecule has 6 nitrogen and oxygen atoms in total. The zero-order chi connectivity index (χ0) is 13.4. The van der Waals surface area contributed by atoms with Crippen LogP contribution in [-0.2, 0) is 6.42 Å². The van der Waals surface area contributed by atoms with E-state index >= 15 is 0 Å². The van der Waals surface area contributed by atoms with E-state index in [-0.39, 0.29) is 0 Å². The van der Waals surface area contributed by atoms with Crippen LogP contribution in [0.2, 0.25) is 5.15 Å². The van der Waals surface area contributed by atoms with Crippen LogP contribution in [0.4, 0.5) is 0 Å². The molecule has 3 aromatic heterocycles. The summed E-state index contributed by atoms with van der Waals surface area (Å²) in [7, 11) is 0. The van der Waals surface area contributed by atoms with Gasteiger partial charge in [-0.1, -0.05) is 18.5 Å². The van der Waals surface area contributed by atoms with Crippen LogP contribution in [0, 0.1) is 6.92 Å². The maximum atomic E-state index is 5.84. The predicted molar refractivity (Wildman–Crippen MR) is 70.9 cm³/mol. The largest absolute Gasteiger partial charge is 0.265 e. The van der Waals surface area contributed by atoms with Crippen molar-refractivity contribution in [3.05, 3.63) is 35.0 Å². The van der Waals surface area contributed by atoms with E-state index in [1.165, 1.54) is 0 Å². The van der Waals surface area contributed by atoms with Gasteiger partial charge >= 0.3 is 0 Å². The topological polar surface area (TPSA) is 68.9 Å². The van der Waals surface area contributed by atoms with Crippen molar-refractivity contribution in [1.29, 1.82) is 0 Å². The van der Waals surface area contributed by atoms with E-state index in [4.69, 9.17) is 11.6 Å². The van der Waals surface area contributed by atoms with E-state index in [0.29, 0.717) is 16.6 Å². The molecule has 0 saturated carbocycles. The minimum Gasteiger partial charge on any atom is -0.265 e. The number of halogens is 1. The zero-order valence-corrected chi connectivity index (χ0v) is 11.3. The van der Waals surface area contributed by atoms with E-state index in [1.54, 1.807) is 16.8 Å². The molecule has 0 bridgehead atoms. The minimum atomic E-state index is 0.395. The fourth-order valence-electron chi connectivity index (χ4n) is 1.92. The van der Waals surface area contributed by atoms with Crippen LogP contribution in [0.3, 0.4) is 0 Å². The Morgan fingerprint density at radius 1 is 1.16 bits per heavy atom. The van der Waals surface area contributed by atoms with Crippen molar-refractivity contribution >= 4 is 17.2 Å². The van der Waals surface area contributed by atoms with Gasteiger partial charge in [-0.25, -0.2) is 4.98 Å². The third-order valence-corrected chi connectivity index (χ3v) is 3.04. The van der Waals surface area contributed by atoms with Gasteiger partial charge in [0.15, 0.2) is 11.5 Å². The second-order valence-corrected chi connectivity index (χ2v) is 4.55. The van der Waals surface area contributed by atoms with E-state index < -0.39 is 0 Å². The smallest absolute Gasteiger partial charge is 0.171 e. The molecule has 0 aliphatic heterocycles. The van der Waals surface area contributed by atoms with Gasteiger partial charge in [0.2, 0.25) is 0 Å². The number of aromatic nitrogens is 6. The average molecular weight is 275 g/mol. The Hall–Kier alpha value is -2.08. The molecule has 0 atom stereocenters. The van der Waals surface area contributed by atoms with Gasteiger partial charge in [0.1, 0.15) is 11.5 Å².